The summed E-state index contributed by atoms with van der Waals surface area (Å²) in [4.78, 5) is 11.6. The zero-order valence-corrected chi connectivity index (χ0v) is 9.29. The Morgan fingerprint density at radius 3 is 3.00 bits per heavy atom. The van der Waals surface area contributed by atoms with E-state index in [0.29, 0.717) is 19.1 Å². The van der Waals surface area contributed by atoms with Crippen LogP contribution >= 0.6 is 0 Å². The van der Waals surface area contributed by atoms with E-state index in [1.807, 2.05) is 6.92 Å². The van der Waals surface area contributed by atoms with Crippen molar-refractivity contribution >= 4 is 5.91 Å². The molecule has 1 fully saturated rings. The molecule has 1 aliphatic rings. The van der Waals surface area contributed by atoms with Crippen LogP contribution < -0.4 is 10.6 Å². The number of amides is 1. The van der Waals surface area contributed by atoms with Gasteiger partial charge in [-0.2, -0.15) is 0 Å². The number of nitrogens with one attached hydrogen (secondary N) is 2. The highest BCUT2D eigenvalue weighted by molar-refractivity contribution is 5.78. The van der Waals surface area contributed by atoms with Crippen molar-refractivity contribution in [2.75, 3.05) is 26.2 Å². The smallest absolute Gasteiger partial charge is 0.223 e. The average Bonchev–Trinajstić information content (AvgIpc) is 2.14. The summed E-state index contributed by atoms with van der Waals surface area (Å²) in [7, 11) is 0. The van der Waals surface area contributed by atoms with Crippen LogP contribution in [0.15, 0.2) is 12.8 Å². The summed E-state index contributed by atoms with van der Waals surface area (Å²) in [5.74, 6) is 0.779. The number of carbonyl (C=O) groups is 1. The molecule has 4 heteroatoms. The van der Waals surface area contributed by atoms with Crippen molar-refractivity contribution in [2.45, 2.75) is 13.3 Å². The second-order valence-corrected chi connectivity index (χ2v) is 3.89. The maximum atomic E-state index is 11.6. The predicted molar refractivity (Wildman–Crippen MR) is 59.3 cm³/mol. The van der Waals surface area contributed by atoms with Gasteiger partial charge in [-0.15, -0.1) is 0 Å². The summed E-state index contributed by atoms with van der Waals surface area (Å²) in [5.41, 5.74) is 0. The van der Waals surface area contributed by atoms with Gasteiger partial charge in [0.15, 0.2) is 0 Å². The van der Waals surface area contributed by atoms with Gasteiger partial charge in [0.05, 0.1) is 12.9 Å². The van der Waals surface area contributed by atoms with Gasteiger partial charge in [0.1, 0.15) is 0 Å². The first kappa shape index (κ1) is 12.0. The van der Waals surface area contributed by atoms with E-state index in [0.717, 1.165) is 19.5 Å². The molecule has 1 atom stereocenters. The van der Waals surface area contributed by atoms with E-state index in [4.69, 9.17) is 4.74 Å². The fourth-order valence-corrected chi connectivity index (χ4v) is 1.49. The van der Waals surface area contributed by atoms with Crippen molar-refractivity contribution in [2.24, 2.45) is 11.8 Å². The Morgan fingerprint density at radius 1 is 1.73 bits per heavy atom. The first-order valence-electron chi connectivity index (χ1n) is 5.46. The van der Waals surface area contributed by atoms with Gasteiger partial charge in [-0.3, -0.25) is 4.79 Å². The Balaban J connectivity index is 2.04. The highest BCUT2D eigenvalue weighted by atomic mass is 16.5. The molecule has 1 heterocycles. The molecule has 86 valence electrons. The number of rotatable bonds is 7. The molecule has 1 saturated heterocycles. The van der Waals surface area contributed by atoms with Gasteiger partial charge >= 0.3 is 0 Å². The quantitative estimate of drug-likeness (QED) is 0.477. The monoisotopic (exact) mass is 212 g/mol. The van der Waals surface area contributed by atoms with E-state index < -0.39 is 0 Å². The molecule has 0 aromatic heterocycles. The summed E-state index contributed by atoms with van der Waals surface area (Å²) in [5, 5.41) is 6.08. The number of hydrogen-bond acceptors (Lipinski definition) is 3. The van der Waals surface area contributed by atoms with Crippen molar-refractivity contribution in [3.8, 4) is 0 Å². The molecular weight excluding hydrogens is 192 g/mol. The molecular formula is C11H20N2O2. The molecule has 0 spiro atoms. The first-order chi connectivity index (χ1) is 7.25. The number of ether oxygens (including phenoxy) is 1. The van der Waals surface area contributed by atoms with Crippen molar-refractivity contribution in [3.05, 3.63) is 12.8 Å². The lowest BCUT2D eigenvalue weighted by molar-refractivity contribution is -0.126. The lowest BCUT2D eigenvalue weighted by Gasteiger charge is -2.31. The van der Waals surface area contributed by atoms with Crippen LogP contribution in [0.5, 0.6) is 0 Å². The minimum Gasteiger partial charge on any atom is -0.502 e. The molecule has 0 aromatic rings. The minimum atomic E-state index is 0.117. The van der Waals surface area contributed by atoms with Crippen LogP contribution in [0.4, 0.5) is 0 Å². The fourth-order valence-electron chi connectivity index (χ4n) is 1.49. The van der Waals surface area contributed by atoms with Gasteiger partial charge in [0.2, 0.25) is 5.91 Å². The van der Waals surface area contributed by atoms with Gasteiger partial charge in [0, 0.05) is 12.5 Å². The highest BCUT2D eigenvalue weighted by Crippen LogP contribution is 2.15. The van der Waals surface area contributed by atoms with E-state index in [9.17, 15) is 4.79 Å². The van der Waals surface area contributed by atoms with Crippen molar-refractivity contribution < 1.29 is 9.53 Å². The third kappa shape index (κ3) is 3.91. The summed E-state index contributed by atoms with van der Waals surface area (Å²) < 4.78 is 4.96. The van der Waals surface area contributed by atoms with E-state index in [2.05, 4.69) is 17.2 Å². The normalized spacial score (nSPS) is 17.7. The maximum Gasteiger partial charge on any atom is 0.223 e. The van der Waals surface area contributed by atoms with Crippen molar-refractivity contribution in [1.82, 2.24) is 10.6 Å². The van der Waals surface area contributed by atoms with Crippen LogP contribution in [0, 0.1) is 11.8 Å². The van der Waals surface area contributed by atoms with E-state index >= 15 is 0 Å². The van der Waals surface area contributed by atoms with Crippen molar-refractivity contribution in [1.29, 1.82) is 0 Å². The van der Waals surface area contributed by atoms with Crippen LogP contribution in [0.3, 0.4) is 0 Å². The van der Waals surface area contributed by atoms with Crippen LogP contribution in [-0.4, -0.2) is 32.1 Å². The van der Waals surface area contributed by atoms with Crippen LogP contribution in [0.25, 0.3) is 0 Å². The van der Waals surface area contributed by atoms with E-state index in [1.165, 1.54) is 6.26 Å². The Kier molecular flexibility index (Phi) is 5.18. The molecule has 0 saturated carbocycles. The number of carbonyl (C=O) groups excluding carboxylic acids is 1. The molecule has 0 bridgehead atoms. The predicted octanol–water partition coefficient (Wildman–Crippen LogP) is 0.508. The Hall–Kier alpha value is -1.03. The zero-order valence-electron chi connectivity index (χ0n) is 9.29. The van der Waals surface area contributed by atoms with Gasteiger partial charge in [-0.05, 0) is 25.4 Å². The molecule has 1 aliphatic heterocycles. The number of hydrogen-bond donors (Lipinski definition) is 2. The van der Waals surface area contributed by atoms with Gasteiger partial charge in [0.25, 0.3) is 0 Å². The van der Waals surface area contributed by atoms with E-state index in [1.54, 1.807) is 0 Å². The summed E-state index contributed by atoms with van der Waals surface area (Å²) >= 11 is 0. The second kappa shape index (κ2) is 6.45. The van der Waals surface area contributed by atoms with Crippen LogP contribution in [0.2, 0.25) is 0 Å². The summed E-state index contributed by atoms with van der Waals surface area (Å²) in [6, 6.07) is 0. The highest BCUT2D eigenvalue weighted by Gasteiger charge is 2.28. The Labute approximate surface area is 91.1 Å². The lowest BCUT2D eigenvalue weighted by atomic mass is 9.88. The Morgan fingerprint density at radius 2 is 2.47 bits per heavy atom. The molecule has 1 unspecified atom stereocenters. The summed E-state index contributed by atoms with van der Waals surface area (Å²) in [6.45, 7) is 8.66. The topological polar surface area (TPSA) is 50.4 Å². The molecule has 2 N–H and O–H groups in total. The average molecular weight is 212 g/mol. The Bertz CT molecular complexity index is 215. The zero-order chi connectivity index (χ0) is 11.1. The minimum absolute atomic E-state index is 0.117. The fraction of sp³-hybridized carbons (Fsp3) is 0.727. The SMILES string of the molecule is C=COCCCNC(=O)C(C)C1CNC1. The molecule has 0 aliphatic carbocycles. The molecule has 0 radical (unpaired) electrons. The van der Waals surface area contributed by atoms with E-state index in [-0.39, 0.29) is 11.8 Å². The van der Waals surface area contributed by atoms with Crippen LogP contribution in [-0.2, 0) is 9.53 Å². The third-order valence-corrected chi connectivity index (χ3v) is 2.79. The van der Waals surface area contributed by atoms with Gasteiger partial charge < -0.3 is 15.4 Å². The molecule has 0 aromatic carbocycles. The van der Waals surface area contributed by atoms with Crippen LogP contribution in [0.1, 0.15) is 13.3 Å². The summed E-state index contributed by atoms with van der Waals surface area (Å²) in [6.07, 6.45) is 2.25. The molecule has 1 amide bonds. The lowest BCUT2D eigenvalue weighted by Crippen LogP contribution is -2.49. The van der Waals surface area contributed by atoms with Crippen molar-refractivity contribution in [3.63, 3.8) is 0 Å². The largest absolute Gasteiger partial charge is 0.502 e. The standard InChI is InChI=1S/C11H20N2O2/c1-3-15-6-4-5-13-11(14)9(2)10-7-12-8-10/h3,9-10,12H,1,4-8H2,2H3,(H,13,14). The first-order valence-corrected chi connectivity index (χ1v) is 5.46. The molecule has 15 heavy (non-hydrogen) atoms. The third-order valence-electron chi connectivity index (χ3n) is 2.79. The van der Waals surface area contributed by atoms with Gasteiger partial charge in [-0.1, -0.05) is 13.5 Å². The second-order valence-electron chi connectivity index (χ2n) is 3.89. The molecule has 4 nitrogen and oxygen atoms in total. The molecule has 1 rings (SSSR count). The van der Waals surface area contributed by atoms with Gasteiger partial charge in [-0.25, -0.2) is 0 Å². The maximum absolute atomic E-state index is 11.6.